The van der Waals surface area contributed by atoms with Crippen molar-refractivity contribution in [1.29, 1.82) is 0 Å². The average molecular weight is 489 g/mol. The van der Waals surface area contributed by atoms with Gasteiger partial charge < -0.3 is 14.8 Å². The lowest BCUT2D eigenvalue weighted by atomic mass is 10.2. The second-order valence-electron chi connectivity index (χ2n) is 5.65. The van der Waals surface area contributed by atoms with Gasteiger partial charge in [0, 0.05) is 38.1 Å². The van der Waals surface area contributed by atoms with E-state index in [0.717, 1.165) is 36.3 Å². The minimum absolute atomic E-state index is 0. The van der Waals surface area contributed by atoms with E-state index in [0.29, 0.717) is 13.1 Å². The maximum atomic E-state index is 5.95. The molecule has 0 amide bonds. The number of aliphatic imine (C=N–C) groups is 1. The van der Waals surface area contributed by atoms with E-state index in [1.165, 1.54) is 5.56 Å². The van der Waals surface area contributed by atoms with Crippen molar-refractivity contribution in [2.24, 2.45) is 4.99 Å². The number of hydrogen-bond donors (Lipinski definition) is 1. The Labute approximate surface area is 177 Å². The van der Waals surface area contributed by atoms with Gasteiger partial charge in [-0.25, -0.2) is 0 Å². The minimum atomic E-state index is 0. The Morgan fingerprint density at radius 3 is 2.77 bits per heavy atom. The Hall–Kier alpha value is -1.61. The van der Waals surface area contributed by atoms with Crippen LogP contribution < -0.4 is 5.32 Å². The van der Waals surface area contributed by atoms with Crippen LogP contribution in [0.1, 0.15) is 18.3 Å². The van der Waals surface area contributed by atoms with Gasteiger partial charge in [0.05, 0.1) is 6.54 Å². The van der Waals surface area contributed by atoms with E-state index in [-0.39, 0.29) is 24.0 Å². The molecule has 142 valence electrons. The normalized spacial score (nSPS) is 11.0. The van der Waals surface area contributed by atoms with Crippen molar-refractivity contribution < 1.29 is 0 Å². The van der Waals surface area contributed by atoms with E-state index < -0.39 is 0 Å². The molecular weight excluding hydrogens is 463 g/mol. The zero-order valence-electron chi connectivity index (χ0n) is 15.2. The Morgan fingerprint density at radius 2 is 2.12 bits per heavy atom. The Balaban J connectivity index is 0.00000338. The molecule has 6 nitrogen and oxygen atoms in total. The van der Waals surface area contributed by atoms with Gasteiger partial charge in [0.25, 0.3) is 0 Å². The van der Waals surface area contributed by atoms with Crippen LogP contribution in [0.25, 0.3) is 0 Å². The standard InChI is InChI=1S/C18H25ClN6.HI/c1-4-10-20-18(21-11-12-25-14-22-23-17(25)5-2)24(3)13-15-6-8-16(19)9-7-15;/h4,6-9,14H,1,5,10-13H2,2-3H3,(H,20,21);1H. The number of aromatic nitrogens is 3. The summed E-state index contributed by atoms with van der Waals surface area (Å²) in [6.07, 6.45) is 4.44. The third-order valence-corrected chi connectivity index (χ3v) is 3.97. The van der Waals surface area contributed by atoms with Gasteiger partial charge in [0.15, 0.2) is 5.96 Å². The average Bonchev–Trinajstić information content (AvgIpc) is 3.07. The molecule has 2 aromatic rings. The third kappa shape index (κ3) is 6.95. The van der Waals surface area contributed by atoms with Crippen LogP contribution in [0, 0.1) is 0 Å². The van der Waals surface area contributed by atoms with Gasteiger partial charge in [-0.1, -0.05) is 36.7 Å². The van der Waals surface area contributed by atoms with Crippen molar-refractivity contribution in [2.75, 3.05) is 20.1 Å². The van der Waals surface area contributed by atoms with Gasteiger partial charge in [-0.3, -0.25) is 4.99 Å². The Bertz CT molecular complexity index is 698. The first-order valence-electron chi connectivity index (χ1n) is 8.35. The molecule has 0 saturated carbocycles. The summed E-state index contributed by atoms with van der Waals surface area (Å²) in [4.78, 5) is 6.79. The maximum absolute atomic E-state index is 5.95. The zero-order valence-corrected chi connectivity index (χ0v) is 18.3. The molecule has 1 aromatic heterocycles. The molecule has 0 aliphatic carbocycles. The number of halogens is 2. The van der Waals surface area contributed by atoms with Gasteiger partial charge in [0.1, 0.15) is 12.2 Å². The molecule has 0 bridgehead atoms. The number of nitrogens with zero attached hydrogens (tertiary/aromatic N) is 5. The van der Waals surface area contributed by atoms with Crippen molar-refractivity contribution in [3.8, 4) is 0 Å². The largest absolute Gasteiger partial charge is 0.353 e. The summed E-state index contributed by atoms with van der Waals surface area (Å²) in [5.41, 5.74) is 1.17. The summed E-state index contributed by atoms with van der Waals surface area (Å²) >= 11 is 5.95. The summed E-state index contributed by atoms with van der Waals surface area (Å²) in [5, 5.41) is 12.1. The molecule has 0 saturated heterocycles. The van der Waals surface area contributed by atoms with E-state index in [1.54, 1.807) is 6.33 Å². The lowest BCUT2D eigenvalue weighted by molar-refractivity contribution is 0.477. The predicted octanol–water partition coefficient (Wildman–Crippen LogP) is 3.38. The van der Waals surface area contributed by atoms with E-state index in [4.69, 9.17) is 16.6 Å². The highest BCUT2D eigenvalue weighted by Crippen LogP contribution is 2.11. The molecule has 0 radical (unpaired) electrons. The molecule has 1 aromatic carbocycles. The molecule has 0 unspecified atom stereocenters. The minimum Gasteiger partial charge on any atom is -0.353 e. The van der Waals surface area contributed by atoms with Crippen molar-refractivity contribution in [3.05, 3.63) is 59.7 Å². The first-order chi connectivity index (χ1) is 12.1. The lowest BCUT2D eigenvalue weighted by Gasteiger charge is -2.22. The number of aryl methyl sites for hydroxylation is 1. The summed E-state index contributed by atoms with van der Waals surface area (Å²) in [5.74, 6) is 1.81. The van der Waals surface area contributed by atoms with Crippen LogP contribution in [0.4, 0.5) is 0 Å². The second-order valence-corrected chi connectivity index (χ2v) is 6.09. The van der Waals surface area contributed by atoms with Crippen LogP contribution in [0.3, 0.4) is 0 Å². The highest BCUT2D eigenvalue weighted by atomic mass is 127. The molecule has 0 aliphatic heterocycles. The molecule has 0 spiro atoms. The molecule has 1 heterocycles. The van der Waals surface area contributed by atoms with Crippen LogP contribution in [-0.4, -0.2) is 45.8 Å². The second kappa shape index (κ2) is 11.9. The quantitative estimate of drug-likeness (QED) is 0.268. The van der Waals surface area contributed by atoms with Gasteiger partial charge >= 0.3 is 0 Å². The fourth-order valence-corrected chi connectivity index (χ4v) is 2.54. The summed E-state index contributed by atoms with van der Waals surface area (Å²) in [6.45, 7) is 8.64. The van der Waals surface area contributed by atoms with E-state index >= 15 is 0 Å². The summed E-state index contributed by atoms with van der Waals surface area (Å²) in [6, 6.07) is 7.84. The number of nitrogens with one attached hydrogen (secondary N) is 1. The maximum Gasteiger partial charge on any atom is 0.194 e. The van der Waals surface area contributed by atoms with Crippen molar-refractivity contribution in [3.63, 3.8) is 0 Å². The first-order valence-corrected chi connectivity index (χ1v) is 8.73. The van der Waals surface area contributed by atoms with Crippen molar-refractivity contribution in [1.82, 2.24) is 25.0 Å². The van der Waals surface area contributed by atoms with Crippen molar-refractivity contribution in [2.45, 2.75) is 26.4 Å². The van der Waals surface area contributed by atoms with Crippen LogP contribution in [0.5, 0.6) is 0 Å². The van der Waals surface area contributed by atoms with Crippen LogP contribution in [-0.2, 0) is 19.5 Å². The monoisotopic (exact) mass is 488 g/mol. The molecule has 2 rings (SSSR count). The highest BCUT2D eigenvalue weighted by Gasteiger charge is 2.07. The molecule has 0 aliphatic rings. The van der Waals surface area contributed by atoms with Crippen molar-refractivity contribution >= 4 is 41.5 Å². The Kier molecular flexibility index (Phi) is 10.3. The number of benzene rings is 1. The van der Waals surface area contributed by atoms with E-state index in [1.807, 2.05) is 42.0 Å². The SMILES string of the molecule is C=CCNC(=NCCn1cnnc1CC)N(C)Cc1ccc(Cl)cc1.I. The fraction of sp³-hybridized carbons (Fsp3) is 0.389. The predicted molar refractivity (Wildman–Crippen MR) is 118 cm³/mol. The zero-order chi connectivity index (χ0) is 18.1. The molecular formula is C18H26ClIN6. The first kappa shape index (κ1) is 22.4. The summed E-state index contributed by atoms with van der Waals surface area (Å²) in [7, 11) is 2.01. The number of guanidine groups is 1. The summed E-state index contributed by atoms with van der Waals surface area (Å²) < 4.78 is 2.04. The molecule has 26 heavy (non-hydrogen) atoms. The van der Waals surface area contributed by atoms with E-state index in [2.05, 4.69) is 33.9 Å². The smallest absolute Gasteiger partial charge is 0.194 e. The van der Waals surface area contributed by atoms with Gasteiger partial charge in [-0.15, -0.1) is 40.8 Å². The fourth-order valence-electron chi connectivity index (χ4n) is 2.42. The van der Waals surface area contributed by atoms with Gasteiger partial charge in [-0.2, -0.15) is 0 Å². The highest BCUT2D eigenvalue weighted by molar-refractivity contribution is 14.0. The topological polar surface area (TPSA) is 58.3 Å². The molecule has 0 atom stereocenters. The molecule has 8 heteroatoms. The third-order valence-electron chi connectivity index (χ3n) is 3.71. The number of rotatable bonds is 8. The van der Waals surface area contributed by atoms with Crippen LogP contribution >= 0.6 is 35.6 Å². The number of hydrogen-bond acceptors (Lipinski definition) is 3. The Morgan fingerprint density at radius 1 is 1.38 bits per heavy atom. The van der Waals surface area contributed by atoms with Crippen LogP contribution in [0.2, 0.25) is 5.02 Å². The molecule has 1 N–H and O–H groups in total. The molecule has 0 fully saturated rings. The van der Waals surface area contributed by atoms with Gasteiger partial charge in [-0.05, 0) is 17.7 Å². The lowest BCUT2D eigenvalue weighted by Crippen LogP contribution is -2.38. The van der Waals surface area contributed by atoms with Gasteiger partial charge in [0.2, 0.25) is 0 Å². The van der Waals surface area contributed by atoms with Crippen LogP contribution in [0.15, 0.2) is 48.2 Å². The van der Waals surface area contributed by atoms with E-state index in [9.17, 15) is 0 Å².